The summed E-state index contributed by atoms with van der Waals surface area (Å²) in [5, 5.41) is 8.86. The predicted molar refractivity (Wildman–Crippen MR) is 87.4 cm³/mol. The van der Waals surface area contributed by atoms with Crippen LogP contribution in [0, 0.1) is 17.2 Å². The molecule has 2 aromatic heterocycles. The van der Waals surface area contributed by atoms with Gasteiger partial charge in [-0.1, -0.05) is 0 Å². The summed E-state index contributed by atoms with van der Waals surface area (Å²) in [7, 11) is 0. The Kier molecular flexibility index (Phi) is 3.90. The topological polar surface area (TPSA) is 68.9 Å². The Hall–Kier alpha value is -2.89. The molecule has 0 N–H and O–H groups in total. The van der Waals surface area contributed by atoms with Crippen LogP contribution in [0.2, 0.25) is 0 Å². The van der Waals surface area contributed by atoms with Crippen molar-refractivity contribution in [2.75, 3.05) is 29.4 Å². The van der Waals surface area contributed by atoms with E-state index in [0.29, 0.717) is 24.6 Å². The molecule has 2 aromatic rings. The zero-order valence-electron chi connectivity index (χ0n) is 13.7. The first-order valence-electron chi connectivity index (χ1n) is 8.23. The van der Waals surface area contributed by atoms with E-state index < -0.39 is 11.9 Å². The van der Waals surface area contributed by atoms with Crippen molar-refractivity contribution in [1.82, 2.24) is 15.0 Å². The predicted octanol–water partition coefficient (Wildman–Crippen LogP) is 2.48. The van der Waals surface area contributed by atoms with Crippen molar-refractivity contribution in [3.05, 3.63) is 41.9 Å². The molecule has 2 fully saturated rings. The van der Waals surface area contributed by atoms with Crippen molar-refractivity contribution in [2.24, 2.45) is 5.92 Å². The minimum absolute atomic E-state index is 0.0518. The van der Waals surface area contributed by atoms with E-state index >= 15 is 0 Å². The zero-order chi connectivity index (χ0) is 18.3. The van der Waals surface area contributed by atoms with E-state index in [2.05, 4.69) is 19.9 Å². The van der Waals surface area contributed by atoms with Crippen LogP contribution in [-0.2, 0) is 6.18 Å². The maximum atomic E-state index is 12.9. The molecule has 0 spiro atoms. The third-order valence-electron chi connectivity index (χ3n) is 4.94. The van der Waals surface area contributed by atoms with E-state index in [-0.39, 0.29) is 12.0 Å². The Morgan fingerprint density at radius 1 is 1.15 bits per heavy atom. The fourth-order valence-corrected chi connectivity index (χ4v) is 3.68. The number of rotatable bonds is 2. The fourth-order valence-electron chi connectivity index (χ4n) is 3.68. The fraction of sp³-hybridized carbons (Fsp3) is 0.412. The minimum atomic E-state index is -4.48. The highest BCUT2D eigenvalue weighted by Crippen LogP contribution is 2.36. The highest BCUT2D eigenvalue weighted by atomic mass is 19.4. The lowest BCUT2D eigenvalue weighted by atomic mass is 10.1. The molecular weight excluding hydrogens is 345 g/mol. The molecule has 0 amide bonds. The summed E-state index contributed by atoms with van der Waals surface area (Å²) in [4.78, 5) is 16.1. The monoisotopic (exact) mass is 360 g/mol. The molecule has 2 aliphatic heterocycles. The quantitative estimate of drug-likeness (QED) is 0.820. The van der Waals surface area contributed by atoms with Crippen molar-refractivity contribution in [1.29, 1.82) is 5.26 Å². The number of fused-ring (bicyclic) bond motifs is 1. The lowest BCUT2D eigenvalue weighted by Gasteiger charge is -2.25. The van der Waals surface area contributed by atoms with Gasteiger partial charge < -0.3 is 9.80 Å². The van der Waals surface area contributed by atoms with Gasteiger partial charge in [-0.15, -0.1) is 0 Å². The number of hydrogen-bond donors (Lipinski definition) is 0. The Morgan fingerprint density at radius 2 is 2.00 bits per heavy atom. The number of halogens is 3. The van der Waals surface area contributed by atoms with Crippen molar-refractivity contribution in [2.45, 2.75) is 18.6 Å². The average molecular weight is 360 g/mol. The second-order valence-electron chi connectivity index (χ2n) is 6.47. The summed E-state index contributed by atoms with van der Waals surface area (Å²) in [5.74, 6) is 1.22. The Bertz CT molecular complexity index is 845. The summed E-state index contributed by atoms with van der Waals surface area (Å²) in [6.45, 7) is 2.06. The normalized spacial score (nSPS) is 22.4. The van der Waals surface area contributed by atoms with E-state index in [1.807, 2.05) is 11.0 Å². The van der Waals surface area contributed by atoms with Crippen molar-refractivity contribution in [3.63, 3.8) is 0 Å². The van der Waals surface area contributed by atoms with Crippen LogP contribution in [0.4, 0.5) is 24.9 Å². The number of anilines is 2. The number of alkyl halides is 3. The highest BCUT2D eigenvalue weighted by Gasteiger charge is 2.43. The zero-order valence-corrected chi connectivity index (χ0v) is 13.7. The SMILES string of the molecule is N#Cc1ccc(N2CC3CCN(c4nccc(C(F)(F)F)n4)C3C2)nc1. The summed E-state index contributed by atoms with van der Waals surface area (Å²) < 4.78 is 38.8. The molecule has 2 atom stereocenters. The first-order valence-corrected chi connectivity index (χ1v) is 8.23. The maximum Gasteiger partial charge on any atom is 0.433 e. The molecule has 26 heavy (non-hydrogen) atoms. The third kappa shape index (κ3) is 2.92. The van der Waals surface area contributed by atoms with Crippen LogP contribution in [0.1, 0.15) is 17.7 Å². The Balaban J connectivity index is 1.54. The molecule has 0 radical (unpaired) electrons. The second-order valence-corrected chi connectivity index (χ2v) is 6.47. The Labute approximate surface area is 147 Å². The Morgan fingerprint density at radius 3 is 2.69 bits per heavy atom. The van der Waals surface area contributed by atoms with Crippen molar-refractivity contribution < 1.29 is 13.2 Å². The van der Waals surface area contributed by atoms with E-state index in [1.165, 1.54) is 6.20 Å². The van der Waals surface area contributed by atoms with Gasteiger partial charge >= 0.3 is 6.18 Å². The lowest BCUT2D eigenvalue weighted by molar-refractivity contribution is -0.141. The van der Waals surface area contributed by atoms with Gasteiger partial charge in [-0.25, -0.2) is 15.0 Å². The van der Waals surface area contributed by atoms with Crippen LogP contribution in [0.15, 0.2) is 30.6 Å². The molecule has 4 heterocycles. The lowest BCUT2D eigenvalue weighted by Crippen LogP contribution is -2.36. The number of hydrogen-bond acceptors (Lipinski definition) is 6. The molecule has 2 saturated heterocycles. The van der Waals surface area contributed by atoms with E-state index in [9.17, 15) is 13.2 Å². The molecule has 0 aliphatic carbocycles. The maximum absolute atomic E-state index is 12.9. The largest absolute Gasteiger partial charge is 0.433 e. The first kappa shape index (κ1) is 16.6. The first-order chi connectivity index (χ1) is 12.5. The van der Waals surface area contributed by atoms with E-state index in [1.54, 1.807) is 12.1 Å². The minimum Gasteiger partial charge on any atom is -0.354 e. The molecular formula is C17H15F3N6. The van der Waals surface area contributed by atoms with Gasteiger partial charge in [0, 0.05) is 37.9 Å². The van der Waals surface area contributed by atoms with Crippen molar-refractivity contribution in [3.8, 4) is 6.07 Å². The van der Waals surface area contributed by atoms with Crippen LogP contribution in [-0.4, -0.2) is 40.6 Å². The van der Waals surface area contributed by atoms with Gasteiger partial charge in [0.05, 0.1) is 11.6 Å². The van der Waals surface area contributed by atoms with Gasteiger partial charge in [0.25, 0.3) is 0 Å². The number of nitriles is 1. The van der Waals surface area contributed by atoms with Gasteiger partial charge in [-0.3, -0.25) is 0 Å². The van der Waals surface area contributed by atoms with Crippen LogP contribution in [0.3, 0.4) is 0 Å². The van der Waals surface area contributed by atoms with Crippen LogP contribution < -0.4 is 9.80 Å². The smallest absolute Gasteiger partial charge is 0.354 e. The van der Waals surface area contributed by atoms with Gasteiger partial charge in [0.1, 0.15) is 17.6 Å². The summed E-state index contributed by atoms with van der Waals surface area (Å²) in [5.41, 5.74) is -0.429. The summed E-state index contributed by atoms with van der Waals surface area (Å²) in [6, 6.07) is 6.48. The van der Waals surface area contributed by atoms with Crippen LogP contribution >= 0.6 is 0 Å². The van der Waals surface area contributed by atoms with Gasteiger partial charge in [-0.2, -0.15) is 18.4 Å². The number of nitrogens with zero attached hydrogens (tertiary/aromatic N) is 6. The standard InChI is InChI=1S/C17H15F3N6/c18-17(19,20)14-3-5-22-16(24-14)26-6-4-12-9-25(10-13(12)26)15-2-1-11(7-21)8-23-15/h1-3,5,8,12-13H,4,6,9-10H2. The molecule has 2 aliphatic rings. The van der Waals surface area contributed by atoms with E-state index in [0.717, 1.165) is 31.0 Å². The highest BCUT2D eigenvalue weighted by molar-refractivity contribution is 5.47. The molecule has 9 heteroatoms. The number of pyridine rings is 1. The summed E-state index contributed by atoms with van der Waals surface area (Å²) >= 11 is 0. The summed E-state index contributed by atoms with van der Waals surface area (Å²) in [6.07, 6.45) is -0.924. The average Bonchev–Trinajstić information content (AvgIpc) is 3.22. The second kappa shape index (κ2) is 6.12. The van der Waals surface area contributed by atoms with Gasteiger partial charge in [0.15, 0.2) is 0 Å². The molecule has 0 saturated carbocycles. The molecule has 2 unspecified atom stereocenters. The molecule has 0 aromatic carbocycles. The van der Waals surface area contributed by atoms with Crippen LogP contribution in [0.25, 0.3) is 0 Å². The number of aromatic nitrogens is 3. The van der Waals surface area contributed by atoms with Crippen LogP contribution in [0.5, 0.6) is 0 Å². The van der Waals surface area contributed by atoms with Crippen molar-refractivity contribution >= 4 is 11.8 Å². The molecule has 4 rings (SSSR count). The molecule has 0 bridgehead atoms. The molecule has 6 nitrogen and oxygen atoms in total. The van der Waals surface area contributed by atoms with E-state index in [4.69, 9.17) is 5.26 Å². The molecule has 134 valence electrons. The third-order valence-corrected chi connectivity index (χ3v) is 4.94. The van der Waals surface area contributed by atoms with Gasteiger partial charge in [-0.05, 0) is 24.6 Å². The van der Waals surface area contributed by atoms with Gasteiger partial charge in [0.2, 0.25) is 5.95 Å².